The van der Waals surface area contributed by atoms with Gasteiger partial charge in [0.25, 0.3) is 0 Å². The van der Waals surface area contributed by atoms with Crippen molar-refractivity contribution in [1.29, 1.82) is 0 Å². The molecule has 1 N–H and O–H groups in total. The molecule has 2 nitrogen and oxygen atoms in total. The summed E-state index contributed by atoms with van der Waals surface area (Å²) in [6.45, 7) is 0.786. The normalized spacial score (nSPS) is 10.9. The molecule has 0 saturated heterocycles. The first kappa shape index (κ1) is 12.5. The highest BCUT2D eigenvalue weighted by atomic mass is 79.9. The number of alkyl halides is 1. The molecule has 0 fully saturated rings. The van der Waals surface area contributed by atoms with Gasteiger partial charge in [0.1, 0.15) is 5.75 Å². The van der Waals surface area contributed by atoms with Crippen molar-refractivity contribution >= 4 is 15.9 Å². The van der Waals surface area contributed by atoms with Crippen molar-refractivity contribution in [3.05, 3.63) is 29.3 Å². The summed E-state index contributed by atoms with van der Waals surface area (Å²) in [6.07, 6.45) is 2.19. The SMILES string of the molecule is CN(C)Cc1cc(CCCBr)ccc1O. The molecule has 1 rings (SSSR count). The number of benzene rings is 1. The predicted octanol–water partition coefficient (Wildman–Crippen LogP) is 2.78. The van der Waals surface area contributed by atoms with Crippen molar-refractivity contribution in [2.45, 2.75) is 19.4 Å². The minimum atomic E-state index is 0.395. The number of hydrogen-bond donors (Lipinski definition) is 1. The number of nitrogens with zero attached hydrogens (tertiary/aromatic N) is 1. The molecule has 0 bridgehead atoms. The topological polar surface area (TPSA) is 23.5 Å². The maximum atomic E-state index is 9.67. The van der Waals surface area contributed by atoms with E-state index in [0.29, 0.717) is 5.75 Å². The van der Waals surface area contributed by atoms with Crippen LogP contribution in [0.5, 0.6) is 5.75 Å². The molecule has 84 valence electrons. The van der Waals surface area contributed by atoms with Gasteiger partial charge in [-0.25, -0.2) is 0 Å². The van der Waals surface area contributed by atoms with Crippen LogP contribution in [0, 0.1) is 0 Å². The van der Waals surface area contributed by atoms with Crippen LogP contribution in [0.3, 0.4) is 0 Å². The lowest BCUT2D eigenvalue weighted by Crippen LogP contribution is -2.11. The van der Waals surface area contributed by atoms with E-state index in [2.05, 4.69) is 26.9 Å². The number of hydrogen-bond acceptors (Lipinski definition) is 2. The van der Waals surface area contributed by atoms with Gasteiger partial charge in [-0.15, -0.1) is 0 Å². The Balaban J connectivity index is 2.75. The molecule has 0 amide bonds. The molecule has 0 heterocycles. The van der Waals surface area contributed by atoms with E-state index in [0.717, 1.165) is 30.3 Å². The minimum Gasteiger partial charge on any atom is -0.508 e. The van der Waals surface area contributed by atoms with Gasteiger partial charge in [0.15, 0.2) is 0 Å². The van der Waals surface area contributed by atoms with Gasteiger partial charge in [0, 0.05) is 17.4 Å². The van der Waals surface area contributed by atoms with E-state index in [1.165, 1.54) is 5.56 Å². The lowest BCUT2D eigenvalue weighted by molar-refractivity contribution is 0.385. The van der Waals surface area contributed by atoms with Crippen LogP contribution in [0.4, 0.5) is 0 Å². The summed E-state index contributed by atoms with van der Waals surface area (Å²) >= 11 is 3.42. The molecule has 0 atom stereocenters. The third-order valence-corrected chi connectivity index (χ3v) is 2.79. The molecule has 0 saturated carbocycles. The van der Waals surface area contributed by atoms with E-state index in [1.54, 1.807) is 6.07 Å². The van der Waals surface area contributed by atoms with Gasteiger partial charge in [-0.05, 0) is 38.6 Å². The van der Waals surface area contributed by atoms with Crippen LogP contribution in [0.15, 0.2) is 18.2 Å². The summed E-state index contributed by atoms with van der Waals surface area (Å²) in [5.41, 5.74) is 2.30. The zero-order chi connectivity index (χ0) is 11.3. The fourth-order valence-corrected chi connectivity index (χ4v) is 1.81. The quantitative estimate of drug-likeness (QED) is 0.833. The van der Waals surface area contributed by atoms with E-state index in [9.17, 15) is 5.11 Å². The van der Waals surface area contributed by atoms with Gasteiger partial charge in [0.2, 0.25) is 0 Å². The molecule has 15 heavy (non-hydrogen) atoms. The number of halogens is 1. The third-order valence-electron chi connectivity index (χ3n) is 2.23. The highest BCUT2D eigenvalue weighted by Gasteiger charge is 2.03. The molecule has 0 unspecified atom stereocenters. The molecule has 1 aromatic rings. The van der Waals surface area contributed by atoms with Gasteiger partial charge in [0.05, 0.1) is 0 Å². The molecule has 0 aliphatic carbocycles. The highest BCUT2D eigenvalue weighted by Crippen LogP contribution is 2.20. The van der Waals surface area contributed by atoms with Crippen molar-refractivity contribution in [2.24, 2.45) is 0 Å². The molecule has 1 aromatic carbocycles. The van der Waals surface area contributed by atoms with Crippen LogP contribution in [0.25, 0.3) is 0 Å². The second-order valence-electron chi connectivity index (χ2n) is 3.99. The first-order valence-corrected chi connectivity index (χ1v) is 6.27. The fourth-order valence-electron chi connectivity index (χ4n) is 1.53. The minimum absolute atomic E-state index is 0.395. The zero-order valence-corrected chi connectivity index (χ0v) is 10.9. The fraction of sp³-hybridized carbons (Fsp3) is 0.500. The Hall–Kier alpha value is -0.540. The Labute approximate surface area is 100 Å². The largest absolute Gasteiger partial charge is 0.508 e. The number of aromatic hydroxyl groups is 1. The molecular formula is C12H18BrNO. The number of aryl methyl sites for hydroxylation is 1. The van der Waals surface area contributed by atoms with Gasteiger partial charge in [-0.1, -0.05) is 28.1 Å². The van der Waals surface area contributed by atoms with E-state index in [4.69, 9.17) is 0 Å². The van der Waals surface area contributed by atoms with E-state index < -0.39 is 0 Å². The lowest BCUT2D eigenvalue weighted by atomic mass is 10.1. The van der Waals surface area contributed by atoms with Crippen LogP contribution in [-0.4, -0.2) is 29.4 Å². The second kappa shape index (κ2) is 6.13. The van der Waals surface area contributed by atoms with E-state index >= 15 is 0 Å². The average molecular weight is 272 g/mol. The Morgan fingerprint density at radius 1 is 1.33 bits per heavy atom. The summed E-state index contributed by atoms with van der Waals surface area (Å²) in [5.74, 6) is 0.395. The van der Waals surface area contributed by atoms with Crippen LogP contribution in [-0.2, 0) is 13.0 Å². The number of phenolic OH excluding ortho intramolecular Hbond substituents is 1. The van der Waals surface area contributed by atoms with Crippen molar-refractivity contribution in [1.82, 2.24) is 4.90 Å². The summed E-state index contributed by atoms with van der Waals surface area (Å²) in [6, 6.07) is 5.89. The predicted molar refractivity (Wildman–Crippen MR) is 67.6 cm³/mol. The summed E-state index contributed by atoms with van der Waals surface area (Å²) in [5, 5.41) is 10.7. The van der Waals surface area contributed by atoms with Crippen LogP contribution in [0.2, 0.25) is 0 Å². The Morgan fingerprint density at radius 3 is 2.67 bits per heavy atom. The van der Waals surface area contributed by atoms with E-state index in [-0.39, 0.29) is 0 Å². The van der Waals surface area contributed by atoms with Gasteiger partial charge >= 0.3 is 0 Å². The monoisotopic (exact) mass is 271 g/mol. The molecule has 0 aliphatic rings. The van der Waals surface area contributed by atoms with Crippen LogP contribution >= 0.6 is 15.9 Å². The Kier molecular flexibility index (Phi) is 5.12. The molecule has 0 aliphatic heterocycles. The van der Waals surface area contributed by atoms with Gasteiger partial charge in [-0.2, -0.15) is 0 Å². The molecular weight excluding hydrogens is 254 g/mol. The Bertz CT molecular complexity index is 312. The van der Waals surface area contributed by atoms with Crippen LogP contribution < -0.4 is 0 Å². The summed E-state index contributed by atoms with van der Waals surface area (Å²) in [7, 11) is 4.01. The van der Waals surface area contributed by atoms with Crippen molar-refractivity contribution in [3.8, 4) is 5.75 Å². The second-order valence-corrected chi connectivity index (χ2v) is 4.79. The van der Waals surface area contributed by atoms with Gasteiger partial charge < -0.3 is 10.0 Å². The van der Waals surface area contributed by atoms with Crippen LogP contribution in [0.1, 0.15) is 17.5 Å². The Morgan fingerprint density at radius 2 is 2.07 bits per heavy atom. The summed E-state index contributed by atoms with van der Waals surface area (Å²) < 4.78 is 0. The third kappa shape index (κ3) is 4.22. The van der Waals surface area contributed by atoms with Gasteiger partial charge in [-0.3, -0.25) is 0 Å². The maximum Gasteiger partial charge on any atom is 0.120 e. The first-order valence-electron chi connectivity index (χ1n) is 5.15. The molecule has 0 spiro atoms. The first-order chi connectivity index (χ1) is 7.13. The van der Waals surface area contributed by atoms with E-state index in [1.807, 2.05) is 20.2 Å². The highest BCUT2D eigenvalue weighted by molar-refractivity contribution is 9.09. The van der Waals surface area contributed by atoms with Crippen molar-refractivity contribution in [3.63, 3.8) is 0 Å². The van der Waals surface area contributed by atoms with Crippen molar-refractivity contribution in [2.75, 3.05) is 19.4 Å². The maximum absolute atomic E-state index is 9.67. The molecule has 0 radical (unpaired) electrons. The average Bonchev–Trinajstić information content (AvgIpc) is 2.18. The number of phenols is 1. The molecule has 0 aromatic heterocycles. The molecule has 3 heteroatoms. The summed E-state index contributed by atoms with van der Waals surface area (Å²) in [4.78, 5) is 2.06. The van der Waals surface area contributed by atoms with Crippen molar-refractivity contribution < 1.29 is 5.11 Å². The smallest absolute Gasteiger partial charge is 0.120 e. The number of rotatable bonds is 5. The lowest BCUT2D eigenvalue weighted by Gasteiger charge is -2.12. The zero-order valence-electron chi connectivity index (χ0n) is 9.33. The standard InChI is InChI=1S/C12H18BrNO/c1-14(2)9-11-8-10(4-3-7-13)5-6-12(11)15/h5-6,8,15H,3-4,7,9H2,1-2H3.